The van der Waals surface area contributed by atoms with Crippen molar-refractivity contribution >= 4 is 5.97 Å². The predicted octanol–water partition coefficient (Wildman–Crippen LogP) is 0.599. The first-order valence-corrected chi connectivity index (χ1v) is 6.88. The molecule has 0 radical (unpaired) electrons. The summed E-state index contributed by atoms with van der Waals surface area (Å²) >= 11 is 0. The zero-order valence-corrected chi connectivity index (χ0v) is 12.3. The quantitative estimate of drug-likeness (QED) is 0.387. The van der Waals surface area contributed by atoms with E-state index in [9.17, 15) is 4.79 Å². The number of hydrogen-bond acceptors (Lipinski definition) is 6. The van der Waals surface area contributed by atoms with Gasteiger partial charge in [0.25, 0.3) is 0 Å². The summed E-state index contributed by atoms with van der Waals surface area (Å²) in [5, 5.41) is 11.9. The van der Waals surface area contributed by atoms with Gasteiger partial charge in [0, 0.05) is 6.61 Å². The van der Waals surface area contributed by atoms with Crippen LogP contribution in [0.25, 0.3) is 0 Å². The number of nitrogens with one attached hydrogen (secondary N) is 1. The lowest BCUT2D eigenvalue weighted by atomic mass is 10.00. The molecule has 6 heteroatoms. The van der Waals surface area contributed by atoms with E-state index >= 15 is 0 Å². The zero-order chi connectivity index (χ0) is 15.1. The van der Waals surface area contributed by atoms with Crippen LogP contribution in [-0.2, 0) is 19.0 Å². The summed E-state index contributed by atoms with van der Waals surface area (Å²) in [7, 11) is 0. The monoisotopic (exact) mass is 287 g/mol. The second kappa shape index (κ2) is 7.73. The normalized spacial score (nSPS) is 20.4. The number of aliphatic hydroxyl groups excluding tert-OH is 1. The van der Waals surface area contributed by atoms with E-state index in [1.807, 2.05) is 0 Å². The van der Waals surface area contributed by atoms with Gasteiger partial charge in [0.1, 0.15) is 6.61 Å². The van der Waals surface area contributed by atoms with Crippen molar-refractivity contribution in [3.63, 3.8) is 0 Å². The Hall–Kier alpha value is -0.950. The predicted molar refractivity (Wildman–Crippen MR) is 74.2 cm³/mol. The Labute approximate surface area is 120 Å². The molecule has 0 aromatic carbocycles. The van der Waals surface area contributed by atoms with E-state index in [4.69, 9.17) is 19.3 Å². The summed E-state index contributed by atoms with van der Waals surface area (Å²) in [5.74, 6) is -1.11. The first kappa shape index (κ1) is 17.1. The number of carbonyl (C=O) groups excluding carboxylic acids is 1. The van der Waals surface area contributed by atoms with Gasteiger partial charge in [-0.25, -0.2) is 4.79 Å². The van der Waals surface area contributed by atoms with Crippen LogP contribution in [0.3, 0.4) is 0 Å². The summed E-state index contributed by atoms with van der Waals surface area (Å²) in [5.41, 5.74) is -0.992. The smallest absolute Gasteiger partial charge is 0.331 e. The Bertz CT molecular complexity index is 320. The number of hydrogen-bond donors (Lipinski definition) is 2. The van der Waals surface area contributed by atoms with E-state index in [2.05, 4.69) is 11.9 Å². The number of ether oxygens (including phenoxy) is 3. The van der Waals surface area contributed by atoms with Crippen LogP contribution < -0.4 is 5.32 Å². The molecule has 1 aliphatic rings. The van der Waals surface area contributed by atoms with Gasteiger partial charge in [0.15, 0.2) is 11.3 Å². The standard InChI is InChI=1S/C14H25NO5/c1-4-9-18-12(17)14(15-7-5-6-8-16)10-19-13(2,3)20-11-14/h4,15-16H,1,5-11H2,2-3H3. The molecule has 0 aliphatic carbocycles. The van der Waals surface area contributed by atoms with Crippen LogP contribution in [0, 0.1) is 0 Å². The van der Waals surface area contributed by atoms with Gasteiger partial charge in [-0.2, -0.15) is 0 Å². The third-order valence-corrected chi connectivity index (χ3v) is 3.10. The van der Waals surface area contributed by atoms with Crippen molar-refractivity contribution in [3.05, 3.63) is 12.7 Å². The molecule has 1 fully saturated rings. The Morgan fingerprint density at radius 1 is 1.40 bits per heavy atom. The molecular weight excluding hydrogens is 262 g/mol. The van der Waals surface area contributed by atoms with Crippen LogP contribution in [0.5, 0.6) is 0 Å². The number of unbranched alkanes of at least 4 members (excludes halogenated alkanes) is 1. The fourth-order valence-corrected chi connectivity index (χ4v) is 1.81. The molecule has 116 valence electrons. The molecule has 0 spiro atoms. The largest absolute Gasteiger partial charge is 0.460 e. The third kappa shape index (κ3) is 4.86. The fourth-order valence-electron chi connectivity index (χ4n) is 1.81. The molecule has 1 rings (SSSR count). The zero-order valence-electron chi connectivity index (χ0n) is 12.3. The summed E-state index contributed by atoms with van der Waals surface area (Å²) in [6.07, 6.45) is 2.96. The van der Waals surface area contributed by atoms with E-state index in [-0.39, 0.29) is 26.4 Å². The molecule has 20 heavy (non-hydrogen) atoms. The average Bonchev–Trinajstić information content (AvgIpc) is 2.43. The van der Waals surface area contributed by atoms with Gasteiger partial charge >= 0.3 is 5.97 Å². The molecule has 0 amide bonds. The fraction of sp³-hybridized carbons (Fsp3) is 0.786. The van der Waals surface area contributed by atoms with Gasteiger partial charge in [-0.15, -0.1) is 0 Å². The molecule has 0 aromatic heterocycles. The van der Waals surface area contributed by atoms with E-state index in [0.717, 1.165) is 6.42 Å². The molecule has 0 unspecified atom stereocenters. The first-order valence-electron chi connectivity index (χ1n) is 6.88. The van der Waals surface area contributed by atoms with Crippen molar-refractivity contribution in [2.75, 3.05) is 33.0 Å². The van der Waals surface area contributed by atoms with Gasteiger partial charge in [0.05, 0.1) is 13.2 Å². The van der Waals surface area contributed by atoms with Crippen LogP contribution in [0.4, 0.5) is 0 Å². The molecule has 6 nitrogen and oxygen atoms in total. The minimum Gasteiger partial charge on any atom is -0.460 e. The molecule has 1 aliphatic heterocycles. The van der Waals surface area contributed by atoms with Crippen LogP contribution >= 0.6 is 0 Å². The highest BCUT2D eigenvalue weighted by molar-refractivity contribution is 5.81. The van der Waals surface area contributed by atoms with E-state index < -0.39 is 17.3 Å². The highest BCUT2D eigenvalue weighted by atomic mass is 16.7. The Kier molecular flexibility index (Phi) is 6.61. The molecule has 1 saturated heterocycles. The van der Waals surface area contributed by atoms with Crippen LogP contribution in [0.1, 0.15) is 26.7 Å². The maximum Gasteiger partial charge on any atom is 0.331 e. The SMILES string of the molecule is C=CCOC(=O)C1(NCCCCO)COC(C)(C)OC1. The molecule has 2 N–H and O–H groups in total. The van der Waals surface area contributed by atoms with Gasteiger partial charge in [0.2, 0.25) is 0 Å². The van der Waals surface area contributed by atoms with Crippen molar-refractivity contribution in [1.29, 1.82) is 0 Å². The molecule has 0 bridgehead atoms. The Morgan fingerprint density at radius 2 is 2.05 bits per heavy atom. The summed E-state index contributed by atoms with van der Waals surface area (Å²) in [4.78, 5) is 12.2. The second-order valence-electron chi connectivity index (χ2n) is 5.30. The van der Waals surface area contributed by atoms with Crippen molar-refractivity contribution < 1.29 is 24.1 Å². The van der Waals surface area contributed by atoms with Gasteiger partial charge < -0.3 is 19.3 Å². The number of esters is 1. The molecule has 0 aromatic rings. The topological polar surface area (TPSA) is 77.0 Å². The highest BCUT2D eigenvalue weighted by Crippen LogP contribution is 2.24. The van der Waals surface area contributed by atoms with E-state index in [1.54, 1.807) is 13.8 Å². The average molecular weight is 287 g/mol. The van der Waals surface area contributed by atoms with Crippen molar-refractivity contribution in [1.82, 2.24) is 5.32 Å². The summed E-state index contributed by atoms with van der Waals surface area (Å²) < 4.78 is 16.3. The van der Waals surface area contributed by atoms with Gasteiger partial charge in [-0.05, 0) is 33.2 Å². The van der Waals surface area contributed by atoms with E-state index in [1.165, 1.54) is 6.08 Å². The molecule has 0 saturated carbocycles. The lowest BCUT2D eigenvalue weighted by Crippen LogP contribution is -2.64. The highest BCUT2D eigenvalue weighted by Gasteiger charge is 2.46. The number of aliphatic hydroxyl groups is 1. The molecular formula is C14H25NO5. The summed E-state index contributed by atoms with van der Waals surface area (Å²) in [6, 6.07) is 0. The van der Waals surface area contributed by atoms with Crippen molar-refractivity contribution in [3.8, 4) is 0 Å². The lowest BCUT2D eigenvalue weighted by molar-refractivity contribution is -0.271. The lowest BCUT2D eigenvalue weighted by Gasteiger charge is -2.42. The van der Waals surface area contributed by atoms with Crippen LogP contribution in [-0.4, -0.2) is 55.4 Å². The van der Waals surface area contributed by atoms with Crippen molar-refractivity contribution in [2.45, 2.75) is 38.0 Å². The molecule has 0 atom stereocenters. The van der Waals surface area contributed by atoms with Gasteiger partial charge in [-0.3, -0.25) is 5.32 Å². The number of carbonyl (C=O) groups is 1. The summed E-state index contributed by atoms with van der Waals surface area (Å²) in [6.45, 7) is 8.38. The van der Waals surface area contributed by atoms with Gasteiger partial charge in [-0.1, -0.05) is 12.7 Å². The van der Waals surface area contributed by atoms with Crippen LogP contribution in [0.2, 0.25) is 0 Å². The minimum absolute atomic E-state index is 0.135. The third-order valence-electron chi connectivity index (χ3n) is 3.10. The maximum atomic E-state index is 12.2. The molecule has 1 heterocycles. The number of rotatable bonds is 8. The Balaban J connectivity index is 2.63. The second-order valence-corrected chi connectivity index (χ2v) is 5.30. The Morgan fingerprint density at radius 3 is 2.60 bits per heavy atom. The van der Waals surface area contributed by atoms with Crippen LogP contribution in [0.15, 0.2) is 12.7 Å². The van der Waals surface area contributed by atoms with E-state index in [0.29, 0.717) is 13.0 Å². The maximum absolute atomic E-state index is 12.2. The van der Waals surface area contributed by atoms with Crippen molar-refractivity contribution in [2.24, 2.45) is 0 Å². The minimum atomic E-state index is -0.992. The first-order chi connectivity index (χ1) is 9.46.